The van der Waals surface area contributed by atoms with E-state index in [0.29, 0.717) is 11.1 Å². The lowest BCUT2D eigenvalue weighted by atomic mass is 10.0. The third-order valence-electron chi connectivity index (χ3n) is 2.52. The van der Waals surface area contributed by atoms with E-state index in [1.165, 1.54) is 18.2 Å². The number of aromatic hydroxyl groups is 3. The zero-order valence-corrected chi connectivity index (χ0v) is 8.81. The van der Waals surface area contributed by atoms with Crippen LogP contribution in [0.2, 0.25) is 0 Å². The predicted octanol–water partition coefficient (Wildman–Crippen LogP) is 2.78. The number of rotatable bonds is 1. The Morgan fingerprint density at radius 2 is 1.44 bits per heavy atom. The molecule has 2 aromatic carbocycles. The highest BCUT2D eigenvalue weighted by molar-refractivity contribution is 5.77. The summed E-state index contributed by atoms with van der Waals surface area (Å²) in [5.41, 5.74) is 1.66. The quantitative estimate of drug-likeness (QED) is 0.686. The third kappa shape index (κ3) is 1.67. The summed E-state index contributed by atoms with van der Waals surface area (Å²) in [4.78, 5) is 0. The SMILES string of the molecule is Cc1ccc(-c2c(O)cccc2O)cc1O. The average Bonchev–Trinajstić information content (AvgIpc) is 2.23. The van der Waals surface area contributed by atoms with Gasteiger partial charge in [-0.2, -0.15) is 0 Å². The van der Waals surface area contributed by atoms with Gasteiger partial charge in [0.15, 0.2) is 0 Å². The third-order valence-corrected chi connectivity index (χ3v) is 2.52. The first kappa shape index (κ1) is 10.4. The molecule has 0 bridgehead atoms. The van der Waals surface area contributed by atoms with Gasteiger partial charge in [0.1, 0.15) is 17.2 Å². The van der Waals surface area contributed by atoms with Crippen molar-refractivity contribution in [2.24, 2.45) is 0 Å². The Morgan fingerprint density at radius 3 is 2.00 bits per heavy atom. The lowest BCUT2D eigenvalue weighted by Gasteiger charge is -2.08. The second-order valence-electron chi connectivity index (χ2n) is 3.67. The van der Waals surface area contributed by atoms with Crippen LogP contribution in [0, 0.1) is 6.92 Å². The summed E-state index contributed by atoms with van der Waals surface area (Å²) in [6, 6.07) is 9.53. The molecule has 3 N–H and O–H groups in total. The van der Waals surface area contributed by atoms with E-state index in [1.807, 2.05) is 0 Å². The van der Waals surface area contributed by atoms with E-state index in [4.69, 9.17) is 0 Å². The standard InChI is InChI=1S/C13H12O3/c1-8-5-6-9(7-12(8)16)13-10(14)3-2-4-11(13)15/h2-7,14-16H,1H3. The van der Waals surface area contributed by atoms with E-state index < -0.39 is 0 Å². The molecule has 3 heteroatoms. The molecule has 2 aromatic rings. The summed E-state index contributed by atoms with van der Waals surface area (Å²) in [5, 5.41) is 28.9. The molecule has 0 aliphatic heterocycles. The van der Waals surface area contributed by atoms with Gasteiger partial charge in [0.05, 0.1) is 5.56 Å². The van der Waals surface area contributed by atoms with E-state index in [1.54, 1.807) is 25.1 Å². The molecule has 0 radical (unpaired) electrons. The molecule has 0 spiro atoms. The van der Waals surface area contributed by atoms with Crippen molar-refractivity contribution in [1.82, 2.24) is 0 Å². The van der Waals surface area contributed by atoms with Gasteiger partial charge in [-0.25, -0.2) is 0 Å². The molecule has 0 fully saturated rings. The molecule has 0 atom stereocenters. The maximum atomic E-state index is 9.66. The Hall–Kier alpha value is -2.16. The zero-order valence-electron chi connectivity index (χ0n) is 8.81. The van der Waals surface area contributed by atoms with E-state index in [2.05, 4.69) is 0 Å². The average molecular weight is 216 g/mol. The van der Waals surface area contributed by atoms with Crippen LogP contribution in [0.15, 0.2) is 36.4 Å². The van der Waals surface area contributed by atoms with Gasteiger partial charge in [-0.3, -0.25) is 0 Å². The Bertz CT molecular complexity index is 512. The largest absolute Gasteiger partial charge is 0.508 e. The maximum absolute atomic E-state index is 9.66. The van der Waals surface area contributed by atoms with E-state index >= 15 is 0 Å². The van der Waals surface area contributed by atoms with Crippen molar-refractivity contribution < 1.29 is 15.3 Å². The van der Waals surface area contributed by atoms with E-state index in [0.717, 1.165) is 5.56 Å². The minimum atomic E-state index is -0.0109. The van der Waals surface area contributed by atoms with Crippen LogP contribution in [0.1, 0.15) is 5.56 Å². The lowest BCUT2D eigenvalue weighted by Crippen LogP contribution is -1.82. The van der Waals surface area contributed by atoms with Gasteiger partial charge in [0, 0.05) is 0 Å². The molecule has 0 amide bonds. The van der Waals surface area contributed by atoms with Crippen LogP contribution in [0.5, 0.6) is 17.2 Å². The molecule has 82 valence electrons. The Labute approximate surface area is 93.2 Å². The van der Waals surface area contributed by atoms with E-state index in [9.17, 15) is 15.3 Å². The van der Waals surface area contributed by atoms with Crippen molar-refractivity contribution >= 4 is 0 Å². The lowest BCUT2D eigenvalue weighted by molar-refractivity contribution is 0.454. The van der Waals surface area contributed by atoms with Gasteiger partial charge in [-0.15, -0.1) is 0 Å². The molecule has 0 aromatic heterocycles. The molecule has 0 heterocycles. The van der Waals surface area contributed by atoms with Gasteiger partial charge in [-0.05, 0) is 36.2 Å². The molecule has 16 heavy (non-hydrogen) atoms. The van der Waals surface area contributed by atoms with Crippen LogP contribution in [-0.4, -0.2) is 15.3 Å². The van der Waals surface area contributed by atoms with Gasteiger partial charge in [-0.1, -0.05) is 18.2 Å². The van der Waals surface area contributed by atoms with E-state index in [-0.39, 0.29) is 17.2 Å². The van der Waals surface area contributed by atoms with Gasteiger partial charge >= 0.3 is 0 Å². The summed E-state index contributed by atoms with van der Waals surface area (Å²) in [6.45, 7) is 1.78. The first-order chi connectivity index (χ1) is 7.59. The van der Waals surface area contributed by atoms with Crippen molar-refractivity contribution in [3.63, 3.8) is 0 Å². The number of phenols is 3. The normalized spacial score (nSPS) is 10.3. The highest BCUT2D eigenvalue weighted by Crippen LogP contribution is 2.38. The fourth-order valence-corrected chi connectivity index (χ4v) is 1.59. The van der Waals surface area contributed by atoms with Crippen LogP contribution in [0.25, 0.3) is 11.1 Å². The summed E-state index contributed by atoms with van der Waals surface area (Å²) in [5.74, 6) is 0.117. The molecule has 0 saturated carbocycles. The minimum absolute atomic E-state index is 0.0109. The first-order valence-corrected chi connectivity index (χ1v) is 4.90. The van der Waals surface area contributed by atoms with Crippen LogP contribution in [0.4, 0.5) is 0 Å². The van der Waals surface area contributed by atoms with Crippen LogP contribution < -0.4 is 0 Å². The van der Waals surface area contributed by atoms with Crippen LogP contribution in [-0.2, 0) is 0 Å². The molecule has 2 rings (SSSR count). The highest BCUT2D eigenvalue weighted by atomic mass is 16.3. The number of aryl methyl sites for hydroxylation is 1. The molecule has 0 aliphatic carbocycles. The maximum Gasteiger partial charge on any atom is 0.127 e. The first-order valence-electron chi connectivity index (χ1n) is 4.90. The second-order valence-corrected chi connectivity index (χ2v) is 3.67. The summed E-state index contributed by atoms with van der Waals surface area (Å²) < 4.78 is 0. The summed E-state index contributed by atoms with van der Waals surface area (Å²) in [6.07, 6.45) is 0. The van der Waals surface area contributed by atoms with Crippen molar-refractivity contribution in [2.45, 2.75) is 6.92 Å². The van der Waals surface area contributed by atoms with Gasteiger partial charge in [0.2, 0.25) is 0 Å². The summed E-state index contributed by atoms with van der Waals surface area (Å²) >= 11 is 0. The fraction of sp³-hybridized carbons (Fsp3) is 0.0769. The molecule has 0 aliphatic rings. The number of phenolic OH excluding ortho intramolecular Hbond substituents is 3. The van der Waals surface area contributed by atoms with Gasteiger partial charge in [0.25, 0.3) is 0 Å². The topological polar surface area (TPSA) is 60.7 Å². The Kier molecular flexibility index (Phi) is 2.44. The Balaban J connectivity index is 2.63. The highest BCUT2D eigenvalue weighted by Gasteiger charge is 2.10. The minimum Gasteiger partial charge on any atom is -0.508 e. The fourth-order valence-electron chi connectivity index (χ4n) is 1.59. The molecule has 0 unspecified atom stereocenters. The monoisotopic (exact) mass is 216 g/mol. The number of hydrogen-bond acceptors (Lipinski definition) is 3. The molecule has 0 saturated heterocycles. The van der Waals surface area contributed by atoms with Crippen LogP contribution >= 0.6 is 0 Å². The summed E-state index contributed by atoms with van der Waals surface area (Å²) in [7, 11) is 0. The molecule has 3 nitrogen and oxygen atoms in total. The van der Waals surface area contributed by atoms with Crippen molar-refractivity contribution in [3.8, 4) is 28.4 Å². The predicted molar refractivity (Wildman–Crippen MR) is 61.6 cm³/mol. The van der Waals surface area contributed by atoms with Crippen LogP contribution in [0.3, 0.4) is 0 Å². The van der Waals surface area contributed by atoms with Crippen molar-refractivity contribution in [1.29, 1.82) is 0 Å². The molecular weight excluding hydrogens is 204 g/mol. The van der Waals surface area contributed by atoms with Crippen molar-refractivity contribution in [3.05, 3.63) is 42.0 Å². The number of benzene rings is 2. The van der Waals surface area contributed by atoms with Gasteiger partial charge < -0.3 is 15.3 Å². The second kappa shape index (κ2) is 3.77. The smallest absolute Gasteiger partial charge is 0.127 e. The Morgan fingerprint density at radius 1 is 0.812 bits per heavy atom. The zero-order chi connectivity index (χ0) is 11.7. The van der Waals surface area contributed by atoms with Crippen molar-refractivity contribution in [2.75, 3.05) is 0 Å². The number of hydrogen-bond donors (Lipinski definition) is 3. The molecular formula is C13H12O3.